The van der Waals surface area contributed by atoms with Crippen LogP contribution in [0.5, 0.6) is 0 Å². The molecule has 0 saturated heterocycles. The van der Waals surface area contributed by atoms with Crippen LogP contribution in [0.1, 0.15) is 134 Å². The van der Waals surface area contributed by atoms with E-state index in [1.54, 1.807) is 130 Å². The fraction of sp³-hybridized carbons (Fsp3) is 0.594. The van der Waals surface area contributed by atoms with Crippen molar-refractivity contribution in [3.63, 3.8) is 0 Å². The van der Waals surface area contributed by atoms with E-state index in [0.717, 1.165) is 0 Å². The van der Waals surface area contributed by atoms with Crippen molar-refractivity contribution in [2.24, 2.45) is 35.3 Å². The Hall–Kier alpha value is -10.1. The number of carbonyl (C=O) groups excluding carboxylic acids is 15. The van der Waals surface area contributed by atoms with Crippen molar-refractivity contribution in [2.75, 3.05) is 32.7 Å². The van der Waals surface area contributed by atoms with Crippen molar-refractivity contribution in [1.82, 2.24) is 79.8 Å². The minimum absolute atomic E-state index is 0.0462. The third-order valence-corrected chi connectivity index (χ3v) is 15.7. The number of carboxylic acid groups (broad SMARTS) is 1. The van der Waals surface area contributed by atoms with Crippen molar-refractivity contribution in [3.8, 4) is 0 Å². The number of benzene rings is 2. The van der Waals surface area contributed by atoms with Gasteiger partial charge in [0.2, 0.25) is 88.6 Å². The van der Waals surface area contributed by atoms with Crippen molar-refractivity contribution >= 4 is 94.6 Å². The van der Waals surface area contributed by atoms with Crippen LogP contribution in [0, 0.1) is 29.6 Å². The van der Waals surface area contributed by atoms with E-state index in [4.69, 9.17) is 10.8 Å². The zero-order valence-electron chi connectivity index (χ0n) is 60.8. The van der Waals surface area contributed by atoms with Gasteiger partial charge in [0.15, 0.2) is 0 Å². The molecule has 2 aromatic carbocycles. The Morgan fingerprint density at radius 1 is 0.333 bits per heavy atom. The number of amides is 15. The van der Waals surface area contributed by atoms with Crippen molar-refractivity contribution in [1.29, 1.82) is 0 Å². The Morgan fingerprint density at radius 2 is 0.657 bits per heavy atom. The van der Waals surface area contributed by atoms with Gasteiger partial charge in [0.1, 0.15) is 67.0 Å². The molecule has 33 heteroatoms. The summed E-state index contributed by atoms with van der Waals surface area (Å²) in [6.07, 6.45) is 0.425. The molecule has 12 atom stereocenters. The van der Waals surface area contributed by atoms with Crippen molar-refractivity contribution < 1.29 is 81.8 Å². The van der Waals surface area contributed by atoms with Gasteiger partial charge in [-0.1, -0.05) is 136 Å². The molecule has 0 heterocycles. The second kappa shape index (κ2) is 44.9. The van der Waals surface area contributed by atoms with Crippen LogP contribution in [0.25, 0.3) is 0 Å². The summed E-state index contributed by atoms with van der Waals surface area (Å²) in [7, 11) is 0. The Balaban J connectivity index is 2.24. The van der Waals surface area contributed by atoms with Crippen LogP contribution >= 0.6 is 0 Å². The summed E-state index contributed by atoms with van der Waals surface area (Å²) in [5, 5.41) is 46.6. The summed E-state index contributed by atoms with van der Waals surface area (Å²) in [5.74, 6) is -14.2. The summed E-state index contributed by atoms with van der Waals surface area (Å²) < 4.78 is 0. The third-order valence-electron chi connectivity index (χ3n) is 15.7. The lowest BCUT2D eigenvalue weighted by Gasteiger charge is -2.27. The molecule has 0 unspecified atom stereocenters. The average molecular weight is 1430 g/mol. The lowest BCUT2D eigenvalue weighted by molar-refractivity contribution is -0.138. The molecule has 0 bridgehead atoms. The van der Waals surface area contributed by atoms with E-state index in [1.165, 1.54) is 27.7 Å². The summed E-state index contributed by atoms with van der Waals surface area (Å²) in [5.41, 5.74) is 6.85. The molecular formula is C69H108N16O17. The van der Waals surface area contributed by atoms with E-state index in [0.29, 0.717) is 17.5 Å². The number of nitrogens with two attached hydrogens (primary N) is 1. The van der Waals surface area contributed by atoms with Gasteiger partial charge in [-0.05, 0) is 87.7 Å². The van der Waals surface area contributed by atoms with Gasteiger partial charge in [-0.3, -0.25) is 76.7 Å². The van der Waals surface area contributed by atoms with E-state index in [1.807, 2.05) is 0 Å². The lowest BCUT2D eigenvalue weighted by atomic mass is 9.98. The largest absolute Gasteiger partial charge is 0.480 e. The molecule has 0 aliphatic heterocycles. The predicted molar refractivity (Wildman–Crippen MR) is 376 cm³/mol. The maximum atomic E-state index is 14.5. The van der Waals surface area contributed by atoms with E-state index < -0.39 is 200 Å². The predicted octanol–water partition coefficient (Wildman–Crippen LogP) is -2.77. The molecule has 102 heavy (non-hydrogen) atoms. The van der Waals surface area contributed by atoms with Gasteiger partial charge in [-0.25, -0.2) is 0 Å². The van der Waals surface area contributed by atoms with Crippen LogP contribution in [0.2, 0.25) is 0 Å². The van der Waals surface area contributed by atoms with E-state index in [9.17, 15) is 76.7 Å². The lowest BCUT2D eigenvalue weighted by Crippen LogP contribution is -2.59. The highest BCUT2D eigenvalue weighted by molar-refractivity contribution is 5.99. The zero-order chi connectivity index (χ0) is 77.1. The number of carbonyl (C=O) groups is 16. The molecule has 0 saturated carbocycles. The van der Waals surface area contributed by atoms with E-state index in [2.05, 4.69) is 79.8 Å². The van der Waals surface area contributed by atoms with Crippen LogP contribution in [0.15, 0.2) is 60.7 Å². The first-order chi connectivity index (χ1) is 47.8. The van der Waals surface area contributed by atoms with Gasteiger partial charge in [0, 0.05) is 12.8 Å². The van der Waals surface area contributed by atoms with Gasteiger partial charge < -0.3 is 90.6 Å². The zero-order valence-corrected chi connectivity index (χ0v) is 60.8. The molecular weight excluding hydrogens is 1320 g/mol. The molecule has 0 fully saturated rings. The monoisotopic (exact) mass is 1430 g/mol. The Bertz CT molecular complexity index is 3190. The van der Waals surface area contributed by atoms with Gasteiger partial charge in [-0.2, -0.15) is 0 Å². The van der Waals surface area contributed by atoms with Crippen LogP contribution in [-0.4, -0.2) is 199 Å². The SMILES string of the molecule is CC[C@H](C)[C@H](NC(=O)CNC(=O)[C@@H](NC(=O)[C@H](C)N)C(C)C)C(=O)NCC(=O)N[C@@H](C)C(=O)N[C@@H](CC(C)C)C(=O)N[C@@H](Cc1ccccc1)C(=O)N[C@@H](CC(C)C)C(=O)NCC(=O)N[C@@H](Cc1ccccc1)C(=O)N[C@@H](CC(C)C)C(=O)NCC(=O)N[C@@H](C)C(=O)N[C@@H](C)C(=O)NCC(=O)O. The second-order valence-corrected chi connectivity index (χ2v) is 26.9. The highest BCUT2D eigenvalue weighted by atomic mass is 16.4. The summed E-state index contributed by atoms with van der Waals surface area (Å²) in [4.78, 5) is 212. The molecule has 566 valence electrons. The molecule has 0 aliphatic carbocycles. The molecule has 2 aromatic rings. The maximum Gasteiger partial charge on any atom is 0.322 e. The summed E-state index contributed by atoms with van der Waals surface area (Å²) in [6.45, 7) is 19.8. The number of rotatable bonds is 44. The Labute approximate surface area is 595 Å². The quantitative estimate of drug-likeness (QED) is 0.0319. The molecule has 0 aliphatic rings. The fourth-order valence-electron chi connectivity index (χ4n) is 9.90. The number of hydrogen-bond donors (Lipinski definition) is 17. The number of hydrogen-bond acceptors (Lipinski definition) is 17. The molecule has 33 nitrogen and oxygen atoms in total. The fourth-order valence-corrected chi connectivity index (χ4v) is 9.90. The number of nitrogens with one attached hydrogen (secondary N) is 15. The molecule has 2 rings (SSSR count). The minimum Gasteiger partial charge on any atom is -0.480 e. The Kier molecular flexibility index (Phi) is 38.8. The molecule has 18 N–H and O–H groups in total. The first-order valence-electron chi connectivity index (χ1n) is 34.3. The van der Waals surface area contributed by atoms with Crippen LogP contribution in [-0.2, 0) is 89.6 Å². The average Bonchev–Trinajstić information content (AvgIpc) is 0.869. The minimum atomic E-state index is -1.36. The molecule has 0 radical (unpaired) electrons. The van der Waals surface area contributed by atoms with Crippen LogP contribution < -0.4 is 85.5 Å². The van der Waals surface area contributed by atoms with Crippen molar-refractivity contribution in [2.45, 2.75) is 202 Å². The van der Waals surface area contributed by atoms with Crippen molar-refractivity contribution in [3.05, 3.63) is 71.8 Å². The van der Waals surface area contributed by atoms with Gasteiger partial charge in [-0.15, -0.1) is 0 Å². The normalized spacial score (nSPS) is 14.6. The van der Waals surface area contributed by atoms with Gasteiger partial charge >= 0.3 is 5.97 Å². The Morgan fingerprint density at radius 3 is 1.05 bits per heavy atom. The standard InChI is InChI=1S/C69H108N16O17/c1-15-40(10)58(84-55(89)34-73-68(101)57(39(8)9)85-59(92)41(11)70)69(102)74-32-53(87)77-44(14)62(95)80-49(28-38(6)7)65(98)83-51(30-46-24-20-17-21-25-46)67(100)82-48(27-37(4)5)64(97)72-33-54(88)79-50(29-45-22-18-16-19-23-45)66(99)81-47(26-36(2)3)63(96)71-31-52(86)76-43(13)61(94)78-42(12)60(93)75-35-56(90)91/h16-25,36-44,47-51,57-58H,15,26-35,70H2,1-14H3,(H,71,96)(H,72,97)(H,73,101)(H,74,102)(H,75,93)(H,76,86)(H,77,87)(H,78,94)(H,79,88)(H,80,95)(H,81,99)(H,82,100)(H,83,98)(H,84,89)(H,85,92)(H,90,91)/t40-,41-,42-,43-,44-,47-,48-,49-,50-,51-,57-,58-/m0/s1. The summed E-state index contributed by atoms with van der Waals surface area (Å²) in [6, 6.07) is 4.02. The van der Waals surface area contributed by atoms with E-state index >= 15 is 0 Å². The highest BCUT2D eigenvalue weighted by Gasteiger charge is 2.35. The van der Waals surface area contributed by atoms with Crippen LogP contribution in [0.4, 0.5) is 0 Å². The number of aliphatic carboxylic acids is 1. The van der Waals surface area contributed by atoms with Crippen LogP contribution in [0.3, 0.4) is 0 Å². The van der Waals surface area contributed by atoms with Gasteiger partial charge in [0.25, 0.3) is 0 Å². The number of carboxylic acids is 1. The van der Waals surface area contributed by atoms with E-state index in [-0.39, 0.29) is 55.8 Å². The molecule has 0 aromatic heterocycles. The topological polar surface area (TPSA) is 500 Å². The maximum absolute atomic E-state index is 14.5. The molecule has 15 amide bonds. The smallest absolute Gasteiger partial charge is 0.322 e. The van der Waals surface area contributed by atoms with Gasteiger partial charge in [0.05, 0.1) is 32.2 Å². The first-order valence-corrected chi connectivity index (χ1v) is 34.3. The second-order valence-electron chi connectivity index (χ2n) is 26.9. The molecule has 0 spiro atoms. The first kappa shape index (κ1) is 88.0. The third kappa shape index (κ3) is 33.9. The summed E-state index contributed by atoms with van der Waals surface area (Å²) >= 11 is 0. The highest BCUT2D eigenvalue weighted by Crippen LogP contribution is 2.14.